The summed E-state index contributed by atoms with van der Waals surface area (Å²) < 4.78 is 0. The number of nitrogens with zero attached hydrogens (tertiary/aromatic N) is 1. The van der Waals surface area contributed by atoms with Crippen molar-refractivity contribution in [1.82, 2.24) is 5.32 Å². The van der Waals surface area contributed by atoms with E-state index in [9.17, 15) is 9.59 Å². The second-order valence-electron chi connectivity index (χ2n) is 8.41. The first-order valence-electron chi connectivity index (χ1n) is 10.1. The summed E-state index contributed by atoms with van der Waals surface area (Å²) in [6, 6.07) is 24.6. The number of nitrogens with one attached hydrogen (secondary N) is 1. The van der Waals surface area contributed by atoms with Crippen molar-refractivity contribution in [2.75, 3.05) is 11.9 Å². The van der Waals surface area contributed by atoms with Crippen LogP contribution < -0.4 is 10.2 Å². The maximum atomic E-state index is 12.7. The second-order valence-corrected chi connectivity index (χ2v) is 8.41. The summed E-state index contributed by atoms with van der Waals surface area (Å²) in [6.45, 7) is 6.85. The number of rotatable bonds is 5. The van der Waals surface area contributed by atoms with E-state index in [2.05, 4.69) is 26.1 Å². The highest BCUT2D eigenvalue weighted by Gasteiger charge is 2.15. The number of hydrogen-bond donors (Lipinski definition) is 1. The maximum Gasteiger partial charge on any atom is 0.258 e. The van der Waals surface area contributed by atoms with Crippen molar-refractivity contribution in [2.45, 2.75) is 32.7 Å². The van der Waals surface area contributed by atoms with Crippen LogP contribution in [-0.4, -0.2) is 18.9 Å². The van der Waals surface area contributed by atoms with E-state index in [4.69, 9.17) is 0 Å². The van der Waals surface area contributed by atoms with Gasteiger partial charge in [-0.2, -0.15) is 0 Å². The SMILES string of the molecule is CN(C(=O)c1ccc(CNC(=O)c2ccc(C(C)(C)C)cc2)cc1)c1ccccc1. The van der Waals surface area contributed by atoms with E-state index in [0.717, 1.165) is 11.3 Å². The summed E-state index contributed by atoms with van der Waals surface area (Å²) in [5, 5.41) is 2.94. The Labute approximate surface area is 178 Å². The van der Waals surface area contributed by atoms with E-state index in [1.54, 1.807) is 24.1 Å². The highest BCUT2D eigenvalue weighted by atomic mass is 16.2. The van der Waals surface area contributed by atoms with Crippen LogP contribution in [0.1, 0.15) is 52.6 Å². The number of benzene rings is 3. The Morgan fingerprint density at radius 1 is 0.800 bits per heavy atom. The fraction of sp³-hybridized carbons (Fsp3) is 0.231. The zero-order valence-electron chi connectivity index (χ0n) is 18.0. The van der Waals surface area contributed by atoms with Gasteiger partial charge in [-0.15, -0.1) is 0 Å². The van der Waals surface area contributed by atoms with Crippen LogP contribution in [-0.2, 0) is 12.0 Å². The first kappa shape index (κ1) is 21.3. The zero-order valence-corrected chi connectivity index (χ0v) is 18.0. The molecule has 0 heterocycles. The molecule has 30 heavy (non-hydrogen) atoms. The van der Waals surface area contributed by atoms with Crippen molar-refractivity contribution in [1.29, 1.82) is 0 Å². The van der Waals surface area contributed by atoms with E-state index in [-0.39, 0.29) is 17.2 Å². The molecule has 2 amide bonds. The lowest BCUT2D eigenvalue weighted by Crippen LogP contribution is -2.26. The summed E-state index contributed by atoms with van der Waals surface area (Å²) in [6.07, 6.45) is 0. The third-order valence-electron chi connectivity index (χ3n) is 5.12. The Balaban J connectivity index is 1.59. The molecule has 0 aliphatic carbocycles. The Kier molecular flexibility index (Phi) is 6.36. The molecule has 3 rings (SSSR count). The lowest BCUT2D eigenvalue weighted by molar-refractivity contribution is 0.0949. The first-order valence-corrected chi connectivity index (χ1v) is 10.1. The number of carbonyl (C=O) groups excluding carboxylic acids is 2. The smallest absolute Gasteiger partial charge is 0.258 e. The second kappa shape index (κ2) is 8.95. The topological polar surface area (TPSA) is 49.4 Å². The van der Waals surface area contributed by atoms with Gasteiger partial charge in [0.15, 0.2) is 0 Å². The minimum absolute atomic E-state index is 0.0583. The molecule has 3 aromatic rings. The molecule has 0 aromatic heterocycles. The number of para-hydroxylation sites is 1. The van der Waals surface area contributed by atoms with Crippen molar-refractivity contribution < 1.29 is 9.59 Å². The molecule has 0 fully saturated rings. The lowest BCUT2D eigenvalue weighted by atomic mass is 9.87. The van der Waals surface area contributed by atoms with E-state index in [1.165, 1.54) is 5.56 Å². The van der Waals surface area contributed by atoms with Gasteiger partial charge in [-0.3, -0.25) is 9.59 Å². The monoisotopic (exact) mass is 400 g/mol. The van der Waals surface area contributed by atoms with Crippen LogP contribution in [0.2, 0.25) is 0 Å². The van der Waals surface area contributed by atoms with Crippen molar-refractivity contribution in [3.8, 4) is 0 Å². The van der Waals surface area contributed by atoms with Gasteiger partial charge in [-0.25, -0.2) is 0 Å². The van der Waals surface area contributed by atoms with Crippen LogP contribution in [0.5, 0.6) is 0 Å². The fourth-order valence-electron chi connectivity index (χ4n) is 3.13. The Morgan fingerprint density at radius 3 is 1.93 bits per heavy atom. The molecule has 0 saturated heterocycles. The van der Waals surface area contributed by atoms with E-state index in [1.807, 2.05) is 66.7 Å². The fourth-order valence-corrected chi connectivity index (χ4v) is 3.13. The molecular formula is C26H28N2O2. The summed E-state index contributed by atoms with van der Waals surface area (Å²) in [5.74, 6) is -0.185. The third kappa shape index (κ3) is 5.15. The largest absolute Gasteiger partial charge is 0.348 e. The summed E-state index contributed by atoms with van der Waals surface area (Å²) in [5.41, 5.74) is 4.28. The van der Waals surface area contributed by atoms with Crippen molar-refractivity contribution in [3.63, 3.8) is 0 Å². The van der Waals surface area contributed by atoms with Crippen molar-refractivity contribution in [2.24, 2.45) is 0 Å². The van der Waals surface area contributed by atoms with Gasteiger partial charge in [0.05, 0.1) is 0 Å². The van der Waals surface area contributed by atoms with Crippen LogP contribution in [0.25, 0.3) is 0 Å². The quantitative estimate of drug-likeness (QED) is 0.641. The third-order valence-corrected chi connectivity index (χ3v) is 5.12. The predicted octanol–water partition coefficient (Wildman–Crippen LogP) is 5.19. The number of hydrogen-bond acceptors (Lipinski definition) is 2. The Hall–Kier alpha value is -3.40. The van der Waals surface area contributed by atoms with Crippen LogP contribution in [0.4, 0.5) is 5.69 Å². The van der Waals surface area contributed by atoms with Gasteiger partial charge in [-0.05, 0) is 52.9 Å². The van der Waals surface area contributed by atoms with Crippen molar-refractivity contribution >= 4 is 17.5 Å². The first-order chi connectivity index (χ1) is 14.3. The molecule has 3 aromatic carbocycles. The molecule has 154 valence electrons. The van der Waals surface area contributed by atoms with Gasteiger partial charge in [0.25, 0.3) is 11.8 Å². The molecule has 0 bridgehead atoms. The van der Waals surface area contributed by atoms with Crippen LogP contribution >= 0.6 is 0 Å². The average molecular weight is 401 g/mol. The molecule has 0 aliphatic rings. The molecular weight excluding hydrogens is 372 g/mol. The summed E-state index contributed by atoms with van der Waals surface area (Å²) in [4.78, 5) is 26.7. The van der Waals surface area contributed by atoms with Gasteiger partial charge in [0.2, 0.25) is 0 Å². The van der Waals surface area contributed by atoms with Crippen LogP contribution in [0, 0.1) is 0 Å². The molecule has 0 saturated carbocycles. The number of amides is 2. The molecule has 0 spiro atoms. The standard InChI is InChI=1S/C26H28N2O2/c1-26(2,3)22-16-14-20(15-17-22)24(29)27-18-19-10-12-21(13-11-19)25(30)28(4)23-8-6-5-7-9-23/h5-17H,18H2,1-4H3,(H,27,29). The Morgan fingerprint density at radius 2 is 1.37 bits per heavy atom. The molecule has 4 heteroatoms. The van der Waals surface area contributed by atoms with E-state index >= 15 is 0 Å². The highest BCUT2D eigenvalue weighted by Crippen LogP contribution is 2.22. The minimum Gasteiger partial charge on any atom is -0.348 e. The summed E-state index contributed by atoms with van der Waals surface area (Å²) in [7, 11) is 1.76. The van der Waals surface area contributed by atoms with Gasteiger partial charge >= 0.3 is 0 Å². The Bertz CT molecular complexity index is 1000. The van der Waals surface area contributed by atoms with Crippen molar-refractivity contribution in [3.05, 3.63) is 101 Å². The van der Waals surface area contributed by atoms with Gasteiger partial charge in [-0.1, -0.05) is 63.2 Å². The molecule has 0 aliphatic heterocycles. The molecule has 0 atom stereocenters. The molecule has 1 N–H and O–H groups in total. The van der Waals surface area contributed by atoms with Gasteiger partial charge < -0.3 is 10.2 Å². The van der Waals surface area contributed by atoms with E-state index in [0.29, 0.717) is 17.7 Å². The predicted molar refractivity (Wildman–Crippen MR) is 122 cm³/mol. The molecule has 0 radical (unpaired) electrons. The normalized spacial score (nSPS) is 11.1. The minimum atomic E-state index is -0.112. The molecule has 4 nitrogen and oxygen atoms in total. The highest BCUT2D eigenvalue weighted by molar-refractivity contribution is 6.05. The zero-order chi connectivity index (χ0) is 21.7. The number of carbonyl (C=O) groups is 2. The molecule has 0 unspecified atom stereocenters. The number of anilines is 1. The lowest BCUT2D eigenvalue weighted by Gasteiger charge is -2.19. The van der Waals surface area contributed by atoms with Crippen LogP contribution in [0.15, 0.2) is 78.9 Å². The van der Waals surface area contributed by atoms with E-state index < -0.39 is 0 Å². The average Bonchev–Trinajstić information content (AvgIpc) is 2.77. The van der Waals surface area contributed by atoms with Crippen LogP contribution in [0.3, 0.4) is 0 Å². The maximum absolute atomic E-state index is 12.7. The summed E-state index contributed by atoms with van der Waals surface area (Å²) >= 11 is 0. The van der Waals surface area contributed by atoms with Gasteiger partial charge in [0.1, 0.15) is 0 Å². The van der Waals surface area contributed by atoms with Gasteiger partial charge in [0, 0.05) is 30.4 Å².